The molecule has 2 nitrogen and oxygen atoms in total. The summed E-state index contributed by atoms with van der Waals surface area (Å²) in [5.74, 6) is 0.525. The number of amides is 1. The van der Waals surface area contributed by atoms with Gasteiger partial charge in [0.15, 0.2) is 0 Å². The molecule has 0 aromatic rings. The van der Waals surface area contributed by atoms with E-state index in [0.29, 0.717) is 5.92 Å². The average Bonchev–Trinajstić information content (AvgIpc) is 2.25. The third-order valence-corrected chi connectivity index (χ3v) is 2.87. The van der Waals surface area contributed by atoms with Crippen molar-refractivity contribution in [2.45, 2.75) is 20.3 Å². The lowest BCUT2D eigenvalue weighted by molar-refractivity contribution is -0.127. The van der Waals surface area contributed by atoms with Gasteiger partial charge in [0.25, 0.3) is 0 Å². The summed E-state index contributed by atoms with van der Waals surface area (Å²) in [5.41, 5.74) is 0.865. The van der Waals surface area contributed by atoms with E-state index >= 15 is 0 Å². The lowest BCUT2D eigenvalue weighted by Crippen LogP contribution is -2.28. The first kappa shape index (κ1) is 7.59. The molecule has 0 aromatic heterocycles. The molecule has 1 heterocycles. The summed E-state index contributed by atoms with van der Waals surface area (Å²) in [5, 5.41) is 2.92. The van der Waals surface area contributed by atoms with Gasteiger partial charge < -0.3 is 5.32 Å². The SMILES string of the molecule is CC1(C)C(=O)NC2=CC=CCC21. The number of hydrogen-bond acceptors (Lipinski definition) is 1. The maximum Gasteiger partial charge on any atom is 0.230 e. The standard InChI is InChI=1S/C10H13NO/c1-10(2)7-5-3-4-6-8(7)11-9(10)12/h3-4,6-7H,5H2,1-2H3,(H,11,12). The molecule has 0 bridgehead atoms. The zero-order chi connectivity index (χ0) is 8.77. The highest BCUT2D eigenvalue weighted by molar-refractivity contribution is 5.87. The molecular formula is C10H13NO. The molecule has 1 amide bonds. The van der Waals surface area contributed by atoms with E-state index in [9.17, 15) is 4.79 Å². The highest BCUT2D eigenvalue weighted by Crippen LogP contribution is 2.41. The van der Waals surface area contributed by atoms with Crippen molar-refractivity contribution in [2.75, 3.05) is 0 Å². The summed E-state index contributed by atoms with van der Waals surface area (Å²) in [7, 11) is 0. The van der Waals surface area contributed by atoms with Crippen LogP contribution in [-0.4, -0.2) is 5.91 Å². The molecule has 0 saturated carbocycles. The van der Waals surface area contributed by atoms with Crippen LogP contribution in [0.5, 0.6) is 0 Å². The van der Waals surface area contributed by atoms with Crippen molar-refractivity contribution >= 4 is 5.91 Å². The van der Waals surface area contributed by atoms with E-state index in [1.807, 2.05) is 26.0 Å². The van der Waals surface area contributed by atoms with Gasteiger partial charge in [-0.25, -0.2) is 0 Å². The van der Waals surface area contributed by atoms with Crippen molar-refractivity contribution in [2.24, 2.45) is 11.3 Å². The van der Waals surface area contributed by atoms with E-state index in [2.05, 4.69) is 11.4 Å². The topological polar surface area (TPSA) is 29.1 Å². The van der Waals surface area contributed by atoms with Gasteiger partial charge in [-0.2, -0.15) is 0 Å². The van der Waals surface area contributed by atoms with E-state index in [0.717, 1.165) is 12.1 Å². The summed E-state index contributed by atoms with van der Waals surface area (Å²) < 4.78 is 0. The van der Waals surface area contributed by atoms with E-state index in [4.69, 9.17) is 0 Å². The minimum Gasteiger partial charge on any atom is -0.329 e. The number of rotatable bonds is 0. The molecule has 1 aliphatic carbocycles. The third kappa shape index (κ3) is 0.840. The molecule has 1 fully saturated rings. The Kier molecular flexibility index (Phi) is 1.40. The molecule has 1 unspecified atom stereocenters. The second-order valence-electron chi connectivity index (χ2n) is 4.01. The fourth-order valence-electron chi connectivity index (χ4n) is 1.89. The normalized spacial score (nSPS) is 31.0. The number of carbonyl (C=O) groups excluding carboxylic acids is 1. The Morgan fingerprint density at radius 2 is 2.33 bits per heavy atom. The van der Waals surface area contributed by atoms with Crippen molar-refractivity contribution in [3.63, 3.8) is 0 Å². The lowest BCUT2D eigenvalue weighted by Gasteiger charge is -2.23. The summed E-state index contributed by atoms with van der Waals surface area (Å²) >= 11 is 0. The molecule has 0 aromatic carbocycles. The van der Waals surface area contributed by atoms with Crippen LogP contribution in [-0.2, 0) is 4.79 Å². The van der Waals surface area contributed by atoms with Crippen molar-refractivity contribution in [3.8, 4) is 0 Å². The van der Waals surface area contributed by atoms with Crippen LogP contribution in [0.25, 0.3) is 0 Å². The van der Waals surface area contributed by atoms with Crippen molar-refractivity contribution in [1.29, 1.82) is 0 Å². The fraction of sp³-hybridized carbons (Fsp3) is 0.500. The van der Waals surface area contributed by atoms with Crippen molar-refractivity contribution in [1.82, 2.24) is 5.32 Å². The molecule has 1 N–H and O–H groups in total. The van der Waals surface area contributed by atoms with E-state index in [-0.39, 0.29) is 11.3 Å². The Hall–Kier alpha value is -1.05. The van der Waals surface area contributed by atoms with Crippen LogP contribution in [0.3, 0.4) is 0 Å². The Labute approximate surface area is 72.3 Å². The van der Waals surface area contributed by atoms with E-state index in [1.54, 1.807) is 0 Å². The van der Waals surface area contributed by atoms with Crippen molar-refractivity contribution in [3.05, 3.63) is 23.9 Å². The first-order valence-corrected chi connectivity index (χ1v) is 4.30. The van der Waals surface area contributed by atoms with Crippen LogP contribution in [0.1, 0.15) is 20.3 Å². The second kappa shape index (κ2) is 2.22. The number of allylic oxidation sites excluding steroid dienone is 4. The lowest BCUT2D eigenvalue weighted by atomic mass is 9.77. The number of carbonyl (C=O) groups is 1. The van der Waals surface area contributed by atoms with Gasteiger partial charge in [-0.3, -0.25) is 4.79 Å². The highest BCUT2D eigenvalue weighted by Gasteiger charge is 2.45. The molecule has 1 saturated heterocycles. The zero-order valence-electron chi connectivity index (χ0n) is 7.42. The largest absolute Gasteiger partial charge is 0.329 e. The van der Waals surface area contributed by atoms with Crippen molar-refractivity contribution < 1.29 is 4.79 Å². The quantitative estimate of drug-likeness (QED) is 0.577. The minimum atomic E-state index is -0.226. The van der Waals surface area contributed by atoms with Crippen LogP contribution in [0.2, 0.25) is 0 Å². The average molecular weight is 163 g/mol. The van der Waals surface area contributed by atoms with Crippen LogP contribution in [0.15, 0.2) is 23.9 Å². The zero-order valence-corrected chi connectivity index (χ0v) is 7.42. The van der Waals surface area contributed by atoms with Gasteiger partial charge >= 0.3 is 0 Å². The molecule has 1 aliphatic heterocycles. The predicted molar refractivity (Wildman–Crippen MR) is 47.3 cm³/mol. The predicted octanol–water partition coefficient (Wildman–Crippen LogP) is 1.60. The molecule has 1 atom stereocenters. The number of fused-ring (bicyclic) bond motifs is 1. The summed E-state index contributed by atoms with van der Waals surface area (Å²) in [6.07, 6.45) is 7.11. The second-order valence-corrected chi connectivity index (χ2v) is 4.01. The van der Waals surface area contributed by atoms with E-state index < -0.39 is 0 Å². The van der Waals surface area contributed by atoms with Crippen LogP contribution >= 0.6 is 0 Å². The summed E-state index contributed by atoms with van der Waals surface area (Å²) in [6.45, 7) is 4.01. The maximum atomic E-state index is 11.5. The summed E-state index contributed by atoms with van der Waals surface area (Å²) in [6, 6.07) is 0. The molecule has 64 valence electrons. The summed E-state index contributed by atoms with van der Waals surface area (Å²) in [4.78, 5) is 11.5. The minimum absolute atomic E-state index is 0.155. The maximum absolute atomic E-state index is 11.5. The Bertz CT molecular complexity index is 286. The van der Waals surface area contributed by atoms with E-state index in [1.165, 1.54) is 0 Å². The number of hydrogen-bond donors (Lipinski definition) is 1. The molecular weight excluding hydrogens is 150 g/mol. The van der Waals surface area contributed by atoms with Gasteiger partial charge in [-0.1, -0.05) is 26.0 Å². The van der Waals surface area contributed by atoms with Gasteiger partial charge in [0.2, 0.25) is 5.91 Å². The molecule has 2 heteroatoms. The third-order valence-electron chi connectivity index (χ3n) is 2.87. The smallest absolute Gasteiger partial charge is 0.230 e. The van der Waals surface area contributed by atoms with Gasteiger partial charge in [0, 0.05) is 11.6 Å². The van der Waals surface area contributed by atoms with Gasteiger partial charge in [-0.05, 0) is 12.5 Å². The number of nitrogens with one attached hydrogen (secondary N) is 1. The molecule has 0 radical (unpaired) electrons. The van der Waals surface area contributed by atoms with Gasteiger partial charge in [0.1, 0.15) is 0 Å². The first-order valence-electron chi connectivity index (χ1n) is 4.30. The Balaban J connectivity index is 2.39. The fourth-order valence-corrected chi connectivity index (χ4v) is 1.89. The molecule has 2 aliphatic rings. The first-order chi connectivity index (χ1) is 5.62. The monoisotopic (exact) mass is 163 g/mol. The van der Waals surface area contributed by atoms with Crippen LogP contribution in [0.4, 0.5) is 0 Å². The van der Waals surface area contributed by atoms with Gasteiger partial charge in [0.05, 0.1) is 5.41 Å². The van der Waals surface area contributed by atoms with Gasteiger partial charge in [-0.15, -0.1) is 0 Å². The Morgan fingerprint density at radius 1 is 1.58 bits per heavy atom. The van der Waals surface area contributed by atoms with Crippen LogP contribution in [0, 0.1) is 11.3 Å². The molecule has 12 heavy (non-hydrogen) atoms. The molecule has 2 rings (SSSR count). The molecule has 0 spiro atoms. The van der Waals surface area contributed by atoms with Crippen LogP contribution < -0.4 is 5.32 Å². The highest BCUT2D eigenvalue weighted by atomic mass is 16.2. The Morgan fingerprint density at radius 3 is 3.00 bits per heavy atom.